The van der Waals surface area contributed by atoms with Crippen molar-refractivity contribution in [3.05, 3.63) is 64.2 Å². The lowest BCUT2D eigenvalue weighted by molar-refractivity contribution is -0.139. The van der Waals surface area contributed by atoms with Crippen LogP contribution < -0.4 is 10.1 Å². The number of thioether (sulfide) groups is 1. The first kappa shape index (κ1) is 19.3. The highest BCUT2D eigenvalue weighted by molar-refractivity contribution is 7.99. The van der Waals surface area contributed by atoms with Crippen LogP contribution in [0.15, 0.2) is 36.4 Å². The van der Waals surface area contributed by atoms with E-state index < -0.39 is 12.6 Å². The molecule has 1 atom stereocenters. The van der Waals surface area contributed by atoms with Crippen LogP contribution in [0.4, 0.5) is 0 Å². The van der Waals surface area contributed by atoms with Gasteiger partial charge in [-0.1, -0.05) is 24.3 Å². The Hall–Kier alpha value is -2.47. The lowest BCUT2D eigenvalue weighted by Gasteiger charge is -2.25. The Balaban J connectivity index is 1.68. The number of fused-ring (bicyclic) bond motifs is 1. The van der Waals surface area contributed by atoms with Gasteiger partial charge in [-0.25, -0.2) is 4.79 Å². The van der Waals surface area contributed by atoms with Crippen molar-refractivity contribution in [2.24, 2.45) is 0 Å². The molecule has 27 heavy (non-hydrogen) atoms. The number of nitrogens with one attached hydrogen (secondary N) is 1. The van der Waals surface area contributed by atoms with Crippen LogP contribution in [0.3, 0.4) is 0 Å². The number of aryl methyl sites for hydroxylation is 3. The third-order valence-corrected chi connectivity index (χ3v) is 5.87. The average molecular weight is 385 g/mol. The molecule has 1 unspecified atom stereocenters. The quantitative estimate of drug-likeness (QED) is 0.796. The van der Waals surface area contributed by atoms with Gasteiger partial charge in [0.25, 0.3) is 5.91 Å². The summed E-state index contributed by atoms with van der Waals surface area (Å²) in [6, 6.07) is 11.9. The monoisotopic (exact) mass is 385 g/mol. The molecule has 5 nitrogen and oxygen atoms in total. The van der Waals surface area contributed by atoms with E-state index in [4.69, 9.17) is 9.84 Å². The second kappa shape index (κ2) is 8.48. The molecule has 0 saturated heterocycles. The minimum absolute atomic E-state index is 0.130. The summed E-state index contributed by atoms with van der Waals surface area (Å²) in [7, 11) is 0. The fraction of sp³-hybridized carbons (Fsp3) is 0.333. The molecule has 142 valence electrons. The van der Waals surface area contributed by atoms with Gasteiger partial charge in [0.1, 0.15) is 5.75 Å². The van der Waals surface area contributed by atoms with E-state index in [1.54, 1.807) is 12.1 Å². The van der Waals surface area contributed by atoms with Crippen LogP contribution in [0.25, 0.3) is 0 Å². The Morgan fingerprint density at radius 2 is 1.93 bits per heavy atom. The zero-order valence-electron chi connectivity index (χ0n) is 15.5. The SMILES string of the molecule is Cc1cc(C(=O)NCC2SCCc3ccccc32)cc(C)c1OCC(=O)O. The number of hydrogen-bond acceptors (Lipinski definition) is 4. The fourth-order valence-corrected chi connectivity index (χ4v) is 4.61. The number of carboxylic acids is 1. The molecule has 0 spiro atoms. The molecule has 6 heteroatoms. The van der Waals surface area contributed by atoms with Crippen molar-refractivity contribution in [3.63, 3.8) is 0 Å². The second-order valence-electron chi connectivity index (χ2n) is 6.64. The normalized spacial score (nSPS) is 15.7. The van der Waals surface area contributed by atoms with E-state index in [0.717, 1.165) is 23.3 Å². The van der Waals surface area contributed by atoms with E-state index in [9.17, 15) is 9.59 Å². The first-order valence-corrected chi connectivity index (χ1v) is 9.94. The Morgan fingerprint density at radius 1 is 1.22 bits per heavy atom. The molecular formula is C21H23NO4S. The maximum Gasteiger partial charge on any atom is 0.341 e. The summed E-state index contributed by atoms with van der Waals surface area (Å²) in [5.41, 5.74) is 4.72. The highest BCUT2D eigenvalue weighted by Gasteiger charge is 2.21. The van der Waals surface area contributed by atoms with Gasteiger partial charge in [0.05, 0.1) is 0 Å². The van der Waals surface area contributed by atoms with Crippen LogP contribution >= 0.6 is 11.8 Å². The molecule has 0 aliphatic carbocycles. The molecule has 2 aromatic carbocycles. The summed E-state index contributed by atoms with van der Waals surface area (Å²) in [6.45, 7) is 3.81. The standard InChI is InChI=1S/C21H23NO4S/c1-13-9-16(10-14(2)20(13)26-12-19(23)24)21(25)22-11-18-17-6-4-3-5-15(17)7-8-27-18/h3-6,9-10,18H,7-8,11-12H2,1-2H3,(H,22,25)(H,23,24). The molecule has 0 aromatic heterocycles. The summed E-state index contributed by atoms with van der Waals surface area (Å²) in [5, 5.41) is 12.1. The zero-order valence-corrected chi connectivity index (χ0v) is 16.3. The van der Waals surface area contributed by atoms with E-state index in [1.807, 2.05) is 31.7 Å². The number of rotatable bonds is 6. The van der Waals surface area contributed by atoms with Gasteiger partial charge in [0.15, 0.2) is 6.61 Å². The van der Waals surface area contributed by atoms with Crippen LogP contribution in [0, 0.1) is 13.8 Å². The molecule has 2 aromatic rings. The van der Waals surface area contributed by atoms with Crippen molar-refractivity contribution in [2.75, 3.05) is 18.9 Å². The van der Waals surface area contributed by atoms with Gasteiger partial charge in [-0.05, 0) is 60.4 Å². The van der Waals surface area contributed by atoms with Gasteiger partial charge < -0.3 is 15.2 Å². The number of amides is 1. The maximum absolute atomic E-state index is 12.6. The van der Waals surface area contributed by atoms with Crippen molar-refractivity contribution in [2.45, 2.75) is 25.5 Å². The first-order chi connectivity index (χ1) is 13.0. The molecular weight excluding hydrogens is 362 g/mol. The average Bonchev–Trinajstić information content (AvgIpc) is 2.65. The number of carbonyl (C=O) groups is 2. The molecule has 3 rings (SSSR count). The van der Waals surface area contributed by atoms with Gasteiger partial charge in [-0.2, -0.15) is 11.8 Å². The lowest BCUT2D eigenvalue weighted by atomic mass is 10.0. The number of hydrogen-bond donors (Lipinski definition) is 2. The van der Waals surface area contributed by atoms with Gasteiger partial charge in [0.2, 0.25) is 0 Å². The highest BCUT2D eigenvalue weighted by Crippen LogP contribution is 2.36. The third kappa shape index (κ3) is 4.63. The molecule has 0 bridgehead atoms. The molecule has 1 aliphatic heterocycles. The van der Waals surface area contributed by atoms with E-state index in [1.165, 1.54) is 11.1 Å². The Kier molecular flexibility index (Phi) is 6.06. The summed E-state index contributed by atoms with van der Waals surface area (Å²) >= 11 is 1.87. The van der Waals surface area contributed by atoms with E-state index in [2.05, 4.69) is 23.5 Å². The second-order valence-corrected chi connectivity index (χ2v) is 7.95. The van der Waals surface area contributed by atoms with Crippen molar-refractivity contribution in [1.29, 1.82) is 0 Å². The minimum Gasteiger partial charge on any atom is -0.481 e. The van der Waals surface area contributed by atoms with Gasteiger partial charge in [0, 0.05) is 17.4 Å². The minimum atomic E-state index is -1.03. The number of carbonyl (C=O) groups excluding carboxylic acids is 1. The topological polar surface area (TPSA) is 75.6 Å². The van der Waals surface area contributed by atoms with Crippen LogP contribution in [-0.4, -0.2) is 35.9 Å². The predicted molar refractivity (Wildman–Crippen MR) is 107 cm³/mol. The Morgan fingerprint density at radius 3 is 2.63 bits per heavy atom. The van der Waals surface area contributed by atoms with Crippen molar-refractivity contribution >= 4 is 23.6 Å². The highest BCUT2D eigenvalue weighted by atomic mass is 32.2. The molecule has 0 radical (unpaired) electrons. The van der Waals surface area contributed by atoms with Crippen molar-refractivity contribution < 1.29 is 19.4 Å². The summed E-state index contributed by atoms with van der Waals surface area (Å²) in [5.74, 6) is 0.423. The smallest absolute Gasteiger partial charge is 0.341 e. The van der Waals surface area contributed by atoms with Crippen molar-refractivity contribution in [3.8, 4) is 5.75 Å². The van der Waals surface area contributed by atoms with Crippen LogP contribution in [0.5, 0.6) is 5.75 Å². The number of aliphatic carboxylic acids is 1. The Labute approximate surface area is 163 Å². The molecule has 2 N–H and O–H groups in total. The molecule has 1 aliphatic rings. The van der Waals surface area contributed by atoms with E-state index >= 15 is 0 Å². The fourth-order valence-electron chi connectivity index (χ4n) is 3.38. The number of carboxylic acid groups (broad SMARTS) is 1. The molecule has 1 amide bonds. The first-order valence-electron chi connectivity index (χ1n) is 8.89. The summed E-state index contributed by atoms with van der Waals surface area (Å²) < 4.78 is 5.32. The Bertz CT molecular complexity index is 842. The van der Waals surface area contributed by atoms with Crippen LogP contribution in [0.1, 0.15) is 37.9 Å². The van der Waals surface area contributed by atoms with E-state index in [0.29, 0.717) is 17.9 Å². The van der Waals surface area contributed by atoms with Gasteiger partial charge in [-0.15, -0.1) is 0 Å². The zero-order chi connectivity index (χ0) is 19.4. The lowest BCUT2D eigenvalue weighted by Crippen LogP contribution is -2.29. The van der Waals surface area contributed by atoms with Gasteiger partial charge in [-0.3, -0.25) is 4.79 Å². The predicted octanol–water partition coefficient (Wildman–Crippen LogP) is 3.53. The van der Waals surface area contributed by atoms with Gasteiger partial charge >= 0.3 is 5.97 Å². The van der Waals surface area contributed by atoms with Crippen LogP contribution in [0.2, 0.25) is 0 Å². The van der Waals surface area contributed by atoms with E-state index in [-0.39, 0.29) is 11.2 Å². The van der Waals surface area contributed by atoms with Crippen molar-refractivity contribution in [1.82, 2.24) is 5.32 Å². The third-order valence-electron chi connectivity index (χ3n) is 4.60. The van der Waals surface area contributed by atoms with Crippen LogP contribution in [-0.2, 0) is 11.2 Å². The number of ether oxygens (including phenoxy) is 1. The summed E-state index contributed by atoms with van der Waals surface area (Å²) in [6.07, 6.45) is 1.07. The number of benzene rings is 2. The molecule has 0 saturated carbocycles. The molecule has 1 heterocycles. The molecule has 0 fully saturated rings. The largest absolute Gasteiger partial charge is 0.481 e. The maximum atomic E-state index is 12.6. The summed E-state index contributed by atoms with van der Waals surface area (Å²) in [4.78, 5) is 23.3.